The summed E-state index contributed by atoms with van der Waals surface area (Å²) >= 11 is 0. The maximum Gasteiger partial charge on any atom is 0.246 e. The Morgan fingerprint density at radius 2 is 2.27 bits per heavy atom. The molecule has 0 saturated carbocycles. The Labute approximate surface area is 130 Å². The fourth-order valence-electron chi connectivity index (χ4n) is 2.45. The molecule has 0 aliphatic carbocycles. The molecule has 120 valence electrons. The van der Waals surface area contributed by atoms with Crippen molar-refractivity contribution in [1.29, 1.82) is 5.26 Å². The van der Waals surface area contributed by atoms with Crippen LogP contribution < -0.4 is 0 Å². The van der Waals surface area contributed by atoms with Gasteiger partial charge in [-0.15, -0.1) is 0 Å². The van der Waals surface area contributed by atoms with E-state index in [9.17, 15) is 12.8 Å². The van der Waals surface area contributed by atoms with E-state index in [2.05, 4.69) is 0 Å². The van der Waals surface area contributed by atoms with Crippen LogP contribution in [0, 0.1) is 30.0 Å². The van der Waals surface area contributed by atoms with Crippen molar-refractivity contribution < 1.29 is 17.5 Å². The second kappa shape index (κ2) is 7.18. The van der Waals surface area contributed by atoms with Gasteiger partial charge in [0.25, 0.3) is 0 Å². The number of nitriles is 1. The molecule has 0 N–H and O–H groups in total. The van der Waals surface area contributed by atoms with E-state index in [0.717, 1.165) is 12.5 Å². The molecule has 1 aliphatic rings. The summed E-state index contributed by atoms with van der Waals surface area (Å²) in [6.07, 6.45) is 0.842. The van der Waals surface area contributed by atoms with Crippen molar-refractivity contribution in [3.05, 3.63) is 29.6 Å². The molecule has 2 rings (SSSR count). The van der Waals surface area contributed by atoms with Crippen molar-refractivity contribution in [3.63, 3.8) is 0 Å². The standard InChI is InChI=1S/C15H19FN2O3S/c1-12-3-4-14(16)15(9-12)22(19,20)18(7-2-6-17)10-13-5-8-21-11-13/h3-4,9,13H,2,5,7-8,10-11H2,1H3/t13-/m0/s1. The van der Waals surface area contributed by atoms with E-state index in [1.54, 1.807) is 6.92 Å². The number of benzene rings is 1. The molecule has 1 heterocycles. The van der Waals surface area contributed by atoms with Crippen LogP contribution in [0.5, 0.6) is 0 Å². The van der Waals surface area contributed by atoms with Gasteiger partial charge in [-0.05, 0) is 37.0 Å². The number of sulfonamides is 1. The van der Waals surface area contributed by atoms with Gasteiger partial charge in [0.1, 0.15) is 10.7 Å². The lowest BCUT2D eigenvalue weighted by Gasteiger charge is -2.24. The minimum absolute atomic E-state index is 0.0582. The molecule has 1 fully saturated rings. The number of aryl methyl sites for hydroxylation is 1. The second-order valence-electron chi connectivity index (χ2n) is 5.43. The van der Waals surface area contributed by atoms with Gasteiger partial charge in [0.15, 0.2) is 0 Å². The highest BCUT2D eigenvalue weighted by molar-refractivity contribution is 7.89. The average Bonchev–Trinajstić information content (AvgIpc) is 2.98. The van der Waals surface area contributed by atoms with E-state index in [-0.39, 0.29) is 30.3 Å². The predicted molar refractivity (Wildman–Crippen MR) is 79.1 cm³/mol. The van der Waals surface area contributed by atoms with Crippen molar-refractivity contribution in [1.82, 2.24) is 4.31 Å². The van der Waals surface area contributed by atoms with E-state index in [1.165, 1.54) is 16.4 Å². The van der Waals surface area contributed by atoms with Crippen LogP contribution >= 0.6 is 0 Å². The molecule has 1 aromatic carbocycles. The third-order valence-electron chi connectivity index (χ3n) is 3.66. The molecule has 22 heavy (non-hydrogen) atoms. The van der Waals surface area contributed by atoms with Gasteiger partial charge < -0.3 is 4.74 Å². The number of nitrogens with zero attached hydrogens (tertiary/aromatic N) is 2. The summed E-state index contributed by atoms with van der Waals surface area (Å²) in [5.41, 5.74) is 0.671. The van der Waals surface area contributed by atoms with E-state index >= 15 is 0 Å². The Kier molecular flexibility index (Phi) is 5.51. The smallest absolute Gasteiger partial charge is 0.246 e. The highest BCUT2D eigenvalue weighted by Gasteiger charge is 2.30. The summed E-state index contributed by atoms with van der Waals surface area (Å²) in [6.45, 7) is 3.12. The maximum absolute atomic E-state index is 14.0. The van der Waals surface area contributed by atoms with Crippen LogP contribution in [0.4, 0.5) is 4.39 Å². The Morgan fingerprint density at radius 3 is 2.91 bits per heavy atom. The van der Waals surface area contributed by atoms with Gasteiger partial charge in [-0.3, -0.25) is 0 Å². The number of ether oxygens (including phenoxy) is 1. The molecule has 1 aliphatic heterocycles. The largest absolute Gasteiger partial charge is 0.381 e. The van der Waals surface area contributed by atoms with Gasteiger partial charge in [-0.1, -0.05) is 6.07 Å². The summed E-state index contributed by atoms with van der Waals surface area (Å²) in [5, 5.41) is 8.74. The number of hydrogen-bond donors (Lipinski definition) is 0. The minimum Gasteiger partial charge on any atom is -0.381 e. The minimum atomic E-state index is -3.96. The summed E-state index contributed by atoms with van der Waals surface area (Å²) in [4.78, 5) is -0.329. The maximum atomic E-state index is 14.0. The van der Waals surface area contributed by atoms with Gasteiger partial charge >= 0.3 is 0 Å². The molecule has 1 atom stereocenters. The normalized spacial score (nSPS) is 18.5. The van der Waals surface area contributed by atoms with Crippen LogP contribution in [0.3, 0.4) is 0 Å². The third-order valence-corrected chi connectivity index (χ3v) is 5.54. The number of rotatable bonds is 6. The van der Waals surface area contributed by atoms with Crippen LogP contribution in [0.25, 0.3) is 0 Å². The molecule has 1 aromatic rings. The van der Waals surface area contributed by atoms with Gasteiger partial charge in [0.05, 0.1) is 12.7 Å². The Balaban J connectivity index is 2.30. The highest BCUT2D eigenvalue weighted by atomic mass is 32.2. The van der Waals surface area contributed by atoms with E-state index in [4.69, 9.17) is 10.00 Å². The predicted octanol–water partition coefficient (Wildman–Crippen LogP) is 2.08. The molecule has 0 bridgehead atoms. The molecule has 5 nitrogen and oxygen atoms in total. The number of halogens is 1. The average molecular weight is 326 g/mol. The fraction of sp³-hybridized carbons (Fsp3) is 0.533. The summed E-state index contributed by atoms with van der Waals surface area (Å²) < 4.78 is 45.9. The van der Waals surface area contributed by atoms with Crippen molar-refractivity contribution in [2.24, 2.45) is 5.92 Å². The Hall–Kier alpha value is -1.49. The lowest BCUT2D eigenvalue weighted by molar-refractivity contribution is 0.180. The quantitative estimate of drug-likeness (QED) is 0.802. The molecule has 0 unspecified atom stereocenters. The van der Waals surface area contributed by atoms with Crippen LogP contribution in [0.15, 0.2) is 23.1 Å². The fourth-order valence-corrected chi connectivity index (χ4v) is 4.11. The Morgan fingerprint density at radius 1 is 1.50 bits per heavy atom. The number of hydrogen-bond acceptors (Lipinski definition) is 4. The van der Waals surface area contributed by atoms with Crippen LogP contribution in [0.2, 0.25) is 0 Å². The lowest BCUT2D eigenvalue weighted by atomic mass is 10.1. The monoisotopic (exact) mass is 326 g/mol. The van der Waals surface area contributed by atoms with Gasteiger partial charge in [-0.2, -0.15) is 9.57 Å². The second-order valence-corrected chi connectivity index (χ2v) is 7.34. The molecule has 0 spiro atoms. The van der Waals surface area contributed by atoms with Crippen LogP contribution in [-0.4, -0.2) is 39.0 Å². The lowest BCUT2D eigenvalue weighted by Crippen LogP contribution is -2.36. The molecule has 0 aromatic heterocycles. The van der Waals surface area contributed by atoms with Crippen LogP contribution in [0.1, 0.15) is 18.4 Å². The van der Waals surface area contributed by atoms with E-state index in [1.807, 2.05) is 6.07 Å². The van der Waals surface area contributed by atoms with Crippen LogP contribution in [-0.2, 0) is 14.8 Å². The summed E-state index contributed by atoms with van der Waals surface area (Å²) in [6, 6.07) is 5.95. The van der Waals surface area contributed by atoms with E-state index in [0.29, 0.717) is 18.8 Å². The third kappa shape index (κ3) is 3.83. The molecular weight excluding hydrogens is 307 g/mol. The van der Waals surface area contributed by atoms with Gasteiger partial charge in [-0.25, -0.2) is 12.8 Å². The van der Waals surface area contributed by atoms with E-state index < -0.39 is 15.8 Å². The Bertz CT molecular complexity index is 664. The zero-order chi connectivity index (χ0) is 16.2. The van der Waals surface area contributed by atoms with Crippen molar-refractivity contribution in [3.8, 4) is 6.07 Å². The molecular formula is C15H19FN2O3S. The molecule has 7 heteroatoms. The first-order chi connectivity index (χ1) is 10.4. The topological polar surface area (TPSA) is 70.4 Å². The van der Waals surface area contributed by atoms with Crippen molar-refractivity contribution >= 4 is 10.0 Å². The molecule has 0 amide bonds. The first kappa shape index (κ1) is 16.9. The molecule has 0 radical (unpaired) electrons. The summed E-state index contributed by atoms with van der Waals surface area (Å²) in [5.74, 6) is -0.684. The molecule has 1 saturated heterocycles. The van der Waals surface area contributed by atoms with Gasteiger partial charge in [0, 0.05) is 26.1 Å². The van der Waals surface area contributed by atoms with Crippen molar-refractivity contribution in [2.45, 2.75) is 24.7 Å². The SMILES string of the molecule is Cc1ccc(F)c(S(=O)(=O)N(CCC#N)C[C@@H]2CCOC2)c1. The summed E-state index contributed by atoms with van der Waals surface area (Å²) in [7, 11) is -3.96. The zero-order valence-corrected chi connectivity index (χ0v) is 13.3. The van der Waals surface area contributed by atoms with Gasteiger partial charge in [0.2, 0.25) is 10.0 Å². The first-order valence-corrected chi connectivity index (χ1v) is 8.60. The first-order valence-electron chi connectivity index (χ1n) is 7.16. The zero-order valence-electron chi connectivity index (χ0n) is 12.5. The van der Waals surface area contributed by atoms with Crippen molar-refractivity contribution in [2.75, 3.05) is 26.3 Å². The highest BCUT2D eigenvalue weighted by Crippen LogP contribution is 2.24.